The summed E-state index contributed by atoms with van der Waals surface area (Å²) < 4.78 is 0. The van der Waals surface area contributed by atoms with Gasteiger partial charge in [0.15, 0.2) is 0 Å². The summed E-state index contributed by atoms with van der Waals surface area (Å²) in [6.07, 6.45) is 3.68. The van der Waals surface area contributed by atoms with E-state index in [4.69, 9.17) is 11.6 Å². The largest absolute Gasteiger partial charge is 0.366 e. The zero-order valence-corrected chi connectivity index (χ0v) is 20.6. The predicted octanol–water partition coefficient (Wildman–Crippen LogP) is 7.00. The minimum atomic E-state index is -0.435. The number of anilines is 2. The number of hydrogen-bond donors (Lipinski definition) is 1. The van der Waals surface area contributed by atoms with Gasteiger partial charge in [0.2, 0.25) is 0 Å². The molecular formula is C27H32ClN3O. The Morgan fingerprint density at radius 3 is 2.66 bits per heavy atom. The Morgan fingerprint density at radius 2 is 2.03 bits per heavy atom. The highest BCUT2D eigenvalue weighted by Gasteiger charge is 2.36. The van der Waals surface area contributed by atoms with E-state index < -0.39 is 5.91 Å². The molecule has 0 saturated carbocycles. The van der Waals surface area contributed by atoms with Crippen LogP contribution in [0.1, 0.15) is 68.7 Å². The van der Waals surface area contributed by atoms with Crippen LogP contribution in [0, 0.1) is 25.2 Å². The lowest BCUT2D eigenvalue weighted by Crippen LogP contribution is -2.48. The van der Waals surface area contributed by atoms with Crippen molar-refractivity contribution >= 4 is 35.0 Å². The highest BCUT2D eigenvalue weighted by Crippen LogP contribution is 2.45. The van der Waals surface area contributed by atoms with Crippen LogP contribution in [0.25, 0.3) is 6.08 Å². The van der Waals surface area contributed by atoms with E-state index in [1.54, 1.807) is 6.08 Å². The summed E-state index contributed by atoms with van der Waals surface area (Å²) in [5, 5.41) is 13.1. The van der Waals surface area contributed by atoms with Crippen molar-refractivity contribution in [3.05, 3.63) is 63.2 Å². The molecule has 1 aliphatic heterocycles. The van der Waals surface area contributed by atoms with E-state index in [-0.39, 0.29) is 11.1 Å². The number of fused-ring (bicyclic) bond motifs is 1. The molecule has 1 heterocycles. The molecule has 4 nitrogen and oxygen atoms in total. The van der Waals surface area contributed by atoms with Crippen molar-refractivity contribution in [2.24, 2.45) is 0 Å². The van der Waals surface area contributed by atoms with E-state index in [0.29, 0.717) is 22.2 Å². The number of hydrogen-bond acceptors (Lipinski definition) is 3. The summed E-state index contributed by atoms with van der Waals surface area (Å²) in [6, 6.07) is 11.9. The Balaban J connectivity index is 1.97. The average Bonchev–Trinajstić information content (AvgIpc) is 2.71. The van der Waals surface area contributed by atoms with Gasteiger partial charge >= 0.3 is 0 Å². The molecule has 2 aromatic rings. The molecule has 1 aliphatic rings. The Bertz CT molecular complexity index is 1110. The van der Waals surface area contributed by atoms with Crippen LogP contribution in [-0.4, -0.2) is 18.0 Å². The molecule has 2 aromatic carbocycles. The number of nitrogens with one attached hydrogen (secondary N) is 1. The molecule has 0 spiro atoms. The van der Waals surface area contributed by atoms with E-state index in [1.807, 2.05) is 50.2 Å². The maximum Gasteiger partial charge on any atom is 0.266 e. The number of benzene rings is 2. The molecular weight excluding hydrogens is 418 g/mol. The highest BCUT2D eigenvalue weighted by atomic mass is 35.5. The van der Waals surface area contributed by atoms with Crippen molar-refractivity contribution in [3.63, 3.8) is 0 Å². The number of amides is 1. The SMILES string of the molecule is CCCN1c2cc(Cl)c(/C=C(\C#N)C(=O)Nc3ccc(C)cc3C)cc2C(C)CC1(C)C. The Morgan fingerprint density at radius 1 is 1.31 bits per heavy atom. The fourth-order valence-electron chi connectivity index (χ4n) is 4.73. The molecule has 5 heteroatoms. The van der Waals surface area contributed by atoms with E-state index in [2.05, 4.69) is 37.9 Å². The van der Waals surface area contributed by atoms with Crippen molar-refractivity contribution < 1.29 is 4.79 Å². The molecule has 0 aromatic heterocycles. The zero-order chi connectivity index (χ0) is 23.6. The Labute approximate surface area is 196 Å². The normalized spacial score (nSPS) is 17.5. The maximum atomic E-state index is 12.8. The van der Waals surface area contributed by atoms with Gasteiger partial charge in [-0.3, -0.25) is 4.79 Å². The van der Waals surface area contributed by atoms with Gasteiger partial charge in [0.25, 0.3) is 5.91 Å². The van der Waals surface area contributed by atoms with Crippen molar-refractivity contribution in [1.82, 2.24) is 0 Å². The summed E-state index contributed by atoms with van der Waals surface area (Å²) in [5.74, 6) is -0.0814. The fourth-order valence-corrected chi connectivity index (χ4v) is 4.94. The van der Waals surface area contributed by atoms with Crippen LogP contribution < -0.4 is 10.2 Å². The Hall–Kier alpha value is -2.77. The number of aryl methyl sites for hydroxylation is 2. The molecule has 1 N–H and O–H groups in total. The summed E-state index contributed by atoms with van der Waals surface area (Å²) in [4.78, 5) is 15.2. The Kier molecular flexibility index (Phi) is 7.00. The maximum absolute atomic E-state index is 12.8. The molecule has 32 heavy (non-hydrogen) atoms. The fraction of sp³-hybridized carbons (Fsp3) is 0.407. The molecule has 3 rings (SSSR count). The van der Waals surface area contributed by atoms with Gasteiger partial charge in [-0.2, -0.15) is 5.26 Å². The molecule has 0 saturated heterocycles. The summed E-state index contributed by atoms with van der Waals surface area (Å²) in [7, 11) is 0. The minimum Gasteiger partial charge on any atom is -0.366 e. The van der Waals surface area contributed by atoms with Gasteiger partial charge in [-0.1, -0.05) is 43.1 Å². The number of carbonyl (C=O) groups is 1. The van der Waals surface area contributed by atoms with Crippen LogP contribution in [-0.2, 0) is 4.79 Å². The van der Waals surface area contributed by atoms with Gasteiger partial charge < -0.3 is 10.2 Å². The van der Waals surface area contributed by atoms with Gasteiger partial charge in [-0.05, 0) is 87.4 Å². The molecule has 1 unspecified atom stereocenters. The van der Waals surface area contributed by atoms with Crippen LogP contribution in [0.4, 0.5) is 11.4 Å². The first-order valence-electron chi connectivity index (χ1n) is 11.2. The molecule has 1 amide bonds. The third kappa shape index (κ3) is 4.84. The number of halogens is 1. The zero-order valence-electron chi connectivity index (χ0n) is 19.8. The van der Waals surface area contributed by atoms with Crippen LogP contribution in [0.15, 0.2) is 35.9 Å². The van der Waals surface area contributed by atoms with Gasteiger partial charge in [0.05, 0.1) is 0 Å². The number of carbonyl (C=O) groups excluding carboxylic acids is 1. The van der Waals surface area contributed by atoms with Crippen LogP contribution in [0.3, 0.4) is 0 Å². The lowest BCUT2D eigenvalue weighted by molar-refractivity contribution is -0.112. The van der Waals surface area contributed by atoms with Crippen molar-refractivity contribution in [2.75, 3.05) is 16.8 Å². The first kappa shape index (κ1) is 23.9. The lowest BCUT2D eigenvalue weighted by Gasteiger charge is -2.47. The lowest BCUT2D eigenvalue weighted by atomic mass is 9.79. The minimum absolute atomic E-state index is 0.0287. The molecule has 0 bridgehead atoms. The van der Waals surface area contributed by atoms with Crippen molar-refractivity contribution in [2.45, 2.75) is 65.8 Å². The van der Waals surface area contributed by atoms with E-state index >= 15 is 0 Å². The summed E-state index contributed by atoms with van der Waals surface area (Å²) >= 11 is 6.66. The molecule has 168 valence electrons. The molecule has 0 fully saturated rings. The van der Waals surface area contributed by atoms with E-state index in [9.17, 15) is 10.1 Å². The molecule has 0 aliphatic carbocycles. The average molecular weight is 450 g/mol. The van der Waals surface area contributed by atoms with Crippen molar-refractivity contribution in [1.29, 1.82) is 5.26 Å². The van der Waals surface area contributed by atoms with E-state index in [0.717, 1.165) is 36.2 Å². The first-order chi connectivity index (χ1) is 15.1. The monoisotopic (exact) mass is 449 g/mol. The molecule has 1 atom stereocenters. The summed E-state index contributed by atoms with van der Waals surface area (Å²) in [5.41, 5.74) is 5.90. The van der Waals surface area contributed by atoms with Gasteiger partial charge in [0, 0.05) is 28.5 Å². The second-order valence-corrected chi connectivity index (χ2v) is 9.85. The molecule has 0 radical (unpaired) electrons. The number of rotatable bonds is 5. The first-order valence-corrected chi connectivity index (χ1v) is 11.6. The standard InChI is InChI=1S/C27H32ClN3O/c1-7-10-31-25-14-23(28)20(13-22(25)19(4)15-27(31,5)6)12-21(16-29)26(32)30-24-9-8-17(2)11-18(24)3/h8-9,11-14,19H,7,10,15H2,1-6H3,(H,30,32)/b21-12+. The van der Waals surface area contributed by atoms with Gasteiger partial charge in [-0.25, -0.2) is 0 Å². The van der Waals surface area contributed by atoms with Crippen molar-refractivity contribution in [3.8, 4) is 6.07 Å². The van der Waals surface area contributed by atoms with Crippen LogP contribution in [0.2, 0.25) is 5.02 Å². The second-order valence-electron chi connectivity index (χ2n) is 9.44. The van der Waals surface area contributed by atoms with E-state index in [1.165, 1.54) is 5.56 Å². The quantitative estimate of drug-likeness (QED) is 0.394. The smallest absolute Gasteiger partial charge is 0.266 e. The van der Waals surface area contributed by atoms with Crippen LogP contribution >= 0.6 is 11.6 Å². The second kappa shape index (κ2) is 9.38. The van der Waals surface area contributed by atoms with Crippen LogP contribution in [0.5, 0.6) is 0 Å². The number of nitriles is 1. The summed E-state index contributed by atoms with van der Waals surface area (Å²) in [6.45, 7) is 13.8. The predicted molar refractivity (Wildman–Crippen MR) is 134 cm³/mol. The topological polar surface area (TPSA) is 56.1 Å². The number of nitrogens with zero attached hydrogens (tertiary/aromatic N) is 2. The van der Waals surface area contributed by atoms with Gasteiger partial charge in [-0.15, -0.1) is 0 Å². The highest BCUT2D eigenvalue weighted by molar-refractivity contribution is 6.32. The third-order valence-electron chi connectivity index (χ3n) is 6.25. The van der Waals surface area contributed by atoms with Gasteiger partial charge in [0.1, 0.15) is 11.6 Å². The third-order valence-corrected chi connectivity index (χ3v) is 6.57.